The highest BCUT2D eigenvalue weighted by atomic mass is 19.3. The maximum Gasteiger partial charge on any atom is 0.341 e. The van der Waals surface area contributed by atoms with Crippen molar-refractivity contribution in [1.29, 1.82) is 0 Å². The normalized spacial score (nSPS) is 26.5. The van der Waals surface area contributed by atoms with Crippen LogP contribution in [0, 0.1) is 6.92 Å². The molecule has 1 fully saturated rings. The number of rotatable bonds is 7. The SMILES string of the molecule is CCOC(=O)[C@@]1(C(F)(F)/C=C/c2ccccc2)Nc2ccc(OC)cc2[C@H]2C[C@](C)(c3ccc(C)o3)O[C@H]21. The third-order valence-corrected chi connectivity index (χ3v) is 7.45. The molecule has 6 nitrogen and oxygen atoms in total. The zero-order valence-electron chi connectivity index (χ0n) is 21.8. The van der Waals surface area contributed by atoms with Crippen LogP contribution in [0.25, 0.3) is 6.08 Å². The fourth-order valence-corrected chi connectivity index (χ4v) is 5.57. The fraction of sp³-hybridized carbons (Fsp3) is 0.367. The van der Waals surface area contributed by atoms with Crippen molar-refractivity contribution < 1.29 is 32.2 Å². The van der Waals surface area contributed by atoms with Crippen molar-refractivity contribution in [3.05, 3.63) is 89.4 Å². The Morgan fingerprint density at radius 1 is 1.18 bits per heavy atom. The van der Waals surface area contributed by atoms with Crippen LogP contribution in [0.4, 0.5) is 14.5 Å². The molecule has 0 amide bonds. The first kappa shape index (κ1) is 26.0. The van der Waals surface area contributed by atoms with Gasteiger partial charge >= 0.3 is 11.9 Å². The first-order valence-electron chi connectivity index (χ1n) is 12.6. The molecular weight excluding hydrogens is 492 g/mol. The van der Waals surface area contributed by atoms with Gasteiger partial charge in [-0.25, -0.2) is 4.79 Å². The van der Waals surface area contributed by atoms with Crippen LogP contribution in [0.2, 0.25) is 0 Å². The van der Waals surface area contributed by atoms with E-state index in [0.29, 0.717) is 34.9 Å². The van der Waals surface area contributed by atoms with E-state index in [1.807, 2.05) is 6.92 Å². The topological polar surface area (TPSA) is 69.9 Å². The minimum atomic E-state index is -3.71. The summed E-state index contributed by atoms with van der Waals surface area (Å²) in [5, 5.41) is 2.90. The van der Waals surface area contributed by atoms with Crippen LogP contribution in [0.5, 0.6) is 5.75 Å². The number of carbonyl (C=O) groups is 1. The van der Waals surface area contributed by atoms with Crippen LogP contribution in [0.3, 0.4) is 0 Å². The molecule has 2 aliphatic heterocycles. The summed E-state index contributed by atoms with van der Waals surface area (Å²) in [4.78, 5) is 13.7. The number of anilines is 1. The highest BCUT2D eigenvalue weighted by molar-refractivity contribution is 5.90. The predicted molar refractivity (Wildman–Crippen MR) is 139 cm³/mol. The van der Waals surface area contributed by atoms with Crippen LogP contribution < -0.4 is 10.1 Å². The fourth-order valence-electron chi connectivity index (χ4n) is 5.57. The standard InChI is InChI=1S/C30H31F2NO5/c1-5-36-27(34)30(29(31,32)16-15-20-9-7-6-8-10-20)26-23(22-17-21(35-4)12-13-24(22)33-30)18-28(3,38-26)25-14-11-19(2)37-25/h6-17,23,26,33H,5,18H2,1-4H3/b16-15+/t23-,26-,28-,30+/m1/s1. The van der Waals surface area contributed by atoms with Gasteiger partial charge in [0, 0.05) is 11.6 Å². The van der Waals surface area contributed by atoms with Gasteiger partial charge in [-0.1, -0.05) is 36.4 Å². The number of alkyl halides is 2. The molecule has 2 aliphatic rings. The van der Waals surface area contributed by atoms with Crippen LogP contribution >= 0.6 is 0 Å². The number of nitrogens with one attached hydrogen (secondary N) is 1. The summed E-state index contributed by atoms with van der Waals surface area (Å²) in [6.07, 6.45) is 1.09. The molecule has 200 valence electrons. The largest absolute Gasteiger partial charge is 0.497 e. The molecule has 0 spiro atoms. The third-order valence-electron chi connectivity index (χ3n) is 7.45. The van der Waals surface area contributed by atoms with Crippen molar-refractivity contribution in [2.75, 3.05) is 19.0 Å². The quantitative estimate of drug-likeness (QED) is 0.359. The van der Waals surface area contributed by atoms with Gasteiger partial charge in [-0.15, -0.1) is 0 Å². The van der Waals surface area contributed by atoms with Crippen molar-refractivity contribution in [2.24, 2.45) is 0 Å². The Hall–Kier alpha value is -3.65. The molecule has 0 unspecified atom stereocenters. The zero-order valence-corrected chi connectivity index (χ0v) is 21.8. The van der Waals surface area contributed by atoms with Crippen molar-refractivity contribution in [3.8, 4) is 5.75 Å². The number of furan rings is 1. The molecule has 4 atom stereocenters. The van der Waals surface area contributed by atoms with E-state index >= 15 is 8.78 Å². The molecule has 2 aromatic carbocycles. The highest BCUT2D eigenvalue weighted by Gasteiger charge is 2.71. The lowest BCUT2D eigenvalue weighted by atomic mass is 9.71. The number of fused-ring (bicyclic) bond motifs is 3. The van der Waals surface area contributed by atoms with E-state index in [1.165, 1.54) is 6.08 Å². The van der Waals surface area contributed by atoms with E-state index in [4.69, 9.17) is 18.6 Å². The smallest absolute Gasteiger partial charge is 0.341 e. The van der Waals surface area contributed by atoms with E-state index in [9.17, 15) is 4.79 Å². The number of aryl methyl sites for hydroxylation is 1. The van der Waals surface area contributed by atoms with E-state index in [0.717, 1.165) is 11.6 Å². The lowest BCUT2D eigenvalue weighted by molar-refractivity contribution is -0.179. The lowest BCUT2D eigenvalue weighted by Gasteiger charge is -2.47. The minimum absolute atomic E-state index is 0.0672. The van der Waals surface area contributed by atoms with Crippen molar-refractivity contribution >= 4 is 17.7 Å². The Morgan fingerprint density at radius 2 is 1.95 bits per heavy atom. The maximum atomic E-state index is 16.6. The van der Waals surface area contributed by atoms with Crippen LogP contribution in [0.15, 0.2) is 71.2 Å². The Kier molecular flexibility index (Phi) is 6.55. The molecule has 0 bridgehead atoms. The second kappa shape index (κ2) is 9.58. The Bertz CT molecular complexity index is 1350. The van der Waals surface area contributed by atoms with E-state index in [2.05, 4.69) is 5.32 Å². The molecule has 1 saturated heterocycles. The van der Waals surface area contributed by atoms with Crippen molar-refractivity contribution in [1.82, 2.24) is 0 Å². The molecule has 1 N–H and O–H groups in total. The van der Waals surface area contributed by atoms with Crippen LogP contribution in [-0.2, 0) is 19.9 Å². The Balaban J connectivity index is 1.69. The predicted octanol–water partition coefficient (Wildman–Crippen LogP) is 6.46. The number of halogens is 2. The molecule has 38 heavy (non-hydrogen) atoms. The Labute approximate surface area is 220 Å². The number of hydrogen-bond acceptors (Lipinski definition) is 6. The number of benzene rings is 2. The first-order valence-corrected chi connectivity index (χ1v) is 12.6. The highest BCUT2D eigenvalue weighted by Crippen LogP contribution is 2.58. The summed E-state index contributed by atoms with van der Waals surface area (Å²) < 4.78 is 56.3. The average molecular weight is 524 g/mol. The lowest BCUT2D eigenvalue weighted by Crippen LogP contribution is -2.69. The monoisotopic (exact) mass is 523 g/mol. The van der Waals surface area contributed by atoms with Gasteiger partial charge < -0.3 is 23.9 Å². The van der Waals surface area contributed by atoms with Gasteiger partial charge in [-0.2, -0.15) is 8.78 Å². The van der Waals surface area contributed by atoms with Crippen LogP contribution in [0.1, 0.15) is 48.8 Å². The first-order chi connectivity index (χ1) is 18.1. The summed E-state index contributed by atoms with van der Waals surface area (Å²) in [6, 6.07) is 17.5. The molecule has 0 aliphatic carbocycles. The molecule has 1 aromatic heterocycles. The molecule has 3 aromatic rings. The maximum absolute atomic E-state index is 16.6. The van der Waals surface area contributed by atoms with E-state index < -0.39 is 35.1 Å². The van der Waals surface area contributed by atoms with E-state index in [1.54, 1.807) is 81.6 Å². The Morgan fingerprint density at radius 3 is 2.61 bits per heavy atom. The third kappa shape index (κ3) is 4.17. The van der Waals surface area contributed by atoms with Crippen molar-refractivity contribution in [2.45, 2.75) is 56.3 Å². The summed E-state index contributed by atoms with van der Waals surface area (Å²) in [5.41, 5.74) is -1.90. The van der Waals surface area contributed by atoms with Gasteiger partial charge in [0.2, 0.25) is 5.54 Å². The van der Waals surface area contributed by atoms with Gasteiger partial charge in [-0.3, -0.25) is 0 Å². The van der Waals surface area contributed by atoms with Crippen LogP contribution in [-0.4, -0.2) is 37.3 Å². The molecule has 0 saturated carbocycles. The second-order valence-electron chi connectivity index (χ2n) is 9.96. The summed E-state index contributed by atoms with van der Waals surface area (Å²) in [5.74, 6) is -3.62. The number of ether oxygens (including phenoxy) is 3. The van der Waals surface area contributed by atoms with Crippen molar-refractivity contribution in [3.63, 3.8) is 0 Å². The number of carbonyl (C=O) groups excluding carboxylic acids is 1. The number of hydrogen-bond donors (Lipinski definition) is 1. The number of methoxy groups -OCH3 is 1. The average Bonchev–Trinajstić information content (AvgIpc) is 3.51. The van der Waals surface area contributed by atoms with Gasteiger partial charge in [0.15, 0.2) is 0 Å². The molecular formula is C30H31F2NO5. The van der Waals surface area contributed by atoms with Gasteiger partial charge in [-0.05, 0) is 74.7 Å². The van der Waals surface area contributed by atoms with E-state index in [-0.39, 0.29) is 6.61 Å². The molecule has 5 rings (SSSR count). The molecule has 3 heterocycles. The summed E-state index contributed by atoms with van der Waals surface area (Å²) >= 11 is 0. The summed E-state index contributed by atoms with van der Waals surface area (Å²) in [7, 11) is 1.54. The minimum Gasteiger partial charge on any atom is -0.497 e. The van der Waals surface area contributed by atoms with Gasteiger partial charge in [0.25, 0.3) is 0 Å². The second-order valence-corrected chi connectivity index (χ2v) is 9.96. The van der Waals surface area contributed by atoms with Gasteiger partial charge in [0.1, 0.15) is 29.0 Å². The molecule has 8 heteroatoms. The van der Waals surface area contributed by atoms with Gasteiger partial charge in [0.05, 0.1) is 13.7 Å². The zero-order chi connectivity index (χ0) is 27.1. The molecule has 0 radical (unpaired) electrons. The number of esters is 1. The summed E-state index contributed by atoms with van der Waals surface area (Å²) in [6.45, 7) is 5.13.